The van der Waals surface area contributed by atoms with Crippen molar-refractivity contribution in [3.63, 3.8) is 0 Å². The smallest absolute Gasteiger partial charge is 0.309 e. The average Bonchev–Trinajstić information content (AvgIpc) is 2.60. The maximum atomic E-state index is 8.58. The standard InChI is InChI=1S/C18H33N2O3PS/c1-2-3-4-5-6-7-8-9-10-11-16-21-24(25,22-17-12-14-19)23-18-13-15-20/h2-13,16-18H2,1H3. The van der Waals surface area contributed by atoms with Crippen LogP contribution in [0.5, 0.6) is 0 Å². The first kappa shape index (κ1) is 24.5. The molecule has 25 heavy (non-hydrogen) atoms. The summed E-state index contributed by atoms with van der Waals surface area (Å²) in [7, 11) is 0. The molecule has 0 aliphatic rings. The normalized spacial score (nSPS) is 11.2. The Morgan fingerprint density at radius 2 is 1.08 bits per heavy atom. The summed E-state index contributed by atoms with van der Waals surface area (Å²) in [5.41, 5.74) is 0. The molecule has 7 heteroatoms. The molecule has 0 aromatic carbocycles. The molecule has 0 radical (unpaired) electrons. The fourth-order valence-corrected chi connectivity index (χ4v) is 4.16. The van der Waals surface area contributed by atoms with Crippen molar-refractivity contribution < 1.29 is 13.6 Å². The molecular formula is C18H33N2O3PS. The predicted molar refractivity (Wildman–Crippen MR) is 104 cm³/mol. The number of rotatable bonds is 18. The van der Waals surface area contributed by atoms with Crippen LogP contribution in [0.3, 0.4) is 0 Å². The van der Waals surface area contributed by atoms with E-state index >= 15 is 0 Å². The van der Waals surface area contributed by atoms with Crippen LogP contribution >= 0.6 is 6.72 Å². The highest BCUT2D eigenvalue weighted by molar-refractivity contribution is 8.07. The second-order valence-corrected chi connectivity index (χ2v) is 8.96. The van der Waals surface area contributed by atoms with E-state index in [1.54, 1.807) is 0 Å². The molecular weight excluding hydrogens is 355 g/mol. The van der Waals surface area contributed by atoms with Gasteiger partial charge in [-0.15, -0.1) is 0 Å². The third-order valence-corrected chi connectivity index (χ3v) is 6.12. The Bertz CT molecular complexity index is 411. The molecule has 0 spiro atoms. The van der Waals surface area contributed by atoms with Crippen LogP contribution in [-0.2, 0) is 25.4 Å². The summed E-state index contributed by atoms with van der Waals surface area (Å²) >= 11 is 5.32. The van der Waals surface area contributed by atoms with Gasteiger partial charge in [-0.25, -0.2) is 0 Å². The van der Waals surface area contributed by atoms with Crippen LogP contribution in [0.15, 0.2) is 0 Å². The first-order chi connectivity index (χ1) is 12.2. The summed E-state index contributed by atoms with van der Waals surface area (Å²) < 4.78 is 16.6. The van der Waals surface area contributed by atoms with Crippen LogP contribution < -0.4 is 0 Å². The summed E-state index contributed by atoms with van der Waals surface area (Å²) in [5.74, 6) is 0. The highest BCUT2D eigenvalue weighted by Gasteiger charge is 2.20. The lowest BCUT2D eigenvalue weighted by Gasteiger charge is -2.21. The van der Waals surface area contributed by atoms with Gasteiger partial charge in [-0.2, -0.15) is 10.5 Å². The van der Waals surface area contributed by atoms with Crippen LogP contribution in [-0.4, -0.2) is 19.8 Å². The lowest BCUT2D eigenvalue weighted by molar-refractivity contribution is 0.158. The topological polar surface area (TPSA) is 75.3 Å². The second-order valence-electron chi connectivity index (χ2n) is 5.95. The molecule has 0 N–H and O–H groups in total. The van der Waals surface area contributed by atoms with E-state index in [4.69, 9.17) is 35.9 Å². The van der Waals surface area contributed by atoms with Crippen molar-refractivity contribution in [1.29, 1.82) is 10.5 Å². The van der Waals surface area contributed by atoms with Gasteiger partial charge in [0.25, 0.3) is 0 Å². The molecule has 0 amide bonds. The minimum absolute atomic E-state index is 0.207. The van der Waals surface area contributed by atoms with Crippen LogP contribution in [0.1, 0.15) is 84.0 Å². The highest BCUT2D eigenvalue weighted by Crippen LogP contribution is 2.50. The van der Waals surface area contributed by atoms with Gasteiger partial charge in [0, 0.05) is 0 Å². The fraction of sp³-hybridized carbons (Fsp3) is 0.889. The van der Waals surface area contributed by atoms with Crippen LogP contribution in [0, 0.1) is 22.7 Å². The Balaban J connectivity index is 3.74. The van der Waals surface area contributed by atoms with Gasteiger partial charge in [-0.1, -0.05) is 64.7 Å². The Kier molecular flexibility index (Phi) is 17.9. The fourth-order valence-electron chi connectivity index (χ4n) is 2.28. The molecule has 0 saturated heterocycles. The number of hydrogen-bond donors (Lipinski definition) is 0. The first-order valence-electron chi connectivity index (χ1n) is 9.46. The Morgan fingerprint density at radius 1 is 0.680 bits per heavy atom. The number of nitriles is 2. The zero-order chi connectivity index (χ0) is 18.6. The third-order valence-electron chi connectivity index (χ3n) is 3.67. The monoisotopic (exact) mass is 388 g/mol. The SMILES string of the molecule is CCCCCCCCCCCCOP(=S)(OCCC#N)OCCC#N. The number of nitrogens with zero attached hydrogens (tertiary/aromatic N) is 2. The molecule has 144 valence electrons. The largest absolute Gasteiger partial charge is 0.327 e. The Hall–Kier alpha value is -0.490. The molecule has 0 unspecified atom stereocenters. The molecule has 0 aliphatic carbocycles. The summed E-state index contributed by atoms with van der Waals surface area (Å²) in [6, 6.07) is 4.00. The molecule has 0 aromatic heterocycles. The van der Waals surface area contributed by atoms with Gasteiger partial charge < -0.3 is 13.6 Å². The Labute approximate surface area is 158 Å². The average molecular weight is 389 g/mol. The third kappa shape index (κ3) is 16.7. The van der Waals surface area contributed by atoms with Gasteiger partial charge in [0.15, 0.2) is 0 Å². The van der Waals surface area contributed by atoms with E-state index in [9.17, 15) is 0 Å². The molecule has 0 heterocycles. The molecule has 0 fully saturated rings. The summed E-state index contributed by atoms with van der Waals surface area (Å²) in [5, 5.41) is 17.2. The first-order valence-corrected chi connectivity index (χ1v) is 12.0. The van der Waals surface area contributed by atoms with Crippen molar-refractivity contribution in [2.45, 2.75) is 84.0 Å². The van der Waals surface area contributed by atoms with E-state index in [0.717, 1.165) is 12.8 Å². The van der Waals surface area contributed by atoms with Crippen LogP contribution in [0.2, 0.25) is 0 Å². The van der Waals surface area contributed by atoms with E-state index in [1.165, 1.54) is 51.4 Å². The maximum absolute atomic E-state index is 8.58. The summed E-state index contributed by atoms with van der Waals surface area (Å²) in [6.45, 7) is 0.337. The van der Waals surface area contributed by atoms with Gasteiger partial charge in [-0.3, -0.25) is 0 Å². The van der Waals surface area contributed by atoms with Crippen LogP contribution in [0.4, 0.5) is 0 Å². The van der Waals surface area contributed by atoms with E-state index in [-0.39, 0.29) is 26.1 Å². The van der Waals surface area contributed by atoms with Gasteiger partial charge >= 0.3 is 6.72 Å². The second kappa shape index (κ2) is 18.3. The molecule has 0 aliphatic heterocycles. The number of hydrogen-bond acceptors (Lipinski definition) is 6. The lowest BCUT2D eigenvalue weighted by Crippen LogP contribution is -2.03. The lowest BCUT2D eigenvalue weighted by atomic mass is 10.1. The van der Waals surface area contributed by atoms with Gasteiger partial charge in [0.2, 0.25) is 0 Å². The van der Waals surface area contributed by atoms with E-state index < -0.39 is 6.72 Å². The maximum Gasteiger partial charge on any atom is 0.327 e. The van der Waals surface area contributed by atoms with Crippen molar-refractivity contribution in [2.75, 3.05) is 19.8 Å². The predicted octanol–water partition coefficient (Wildman–Crippen LogP) is 6.01. The summed E-state index contributed by atoms with van der Waals surface area (Å²) in [6.07, 6.45) is 13.1. The van der Waals surface area contributed by atoms with E-state index in [0.29, 0.717) is 6.61 Å². The highest BCUT2D eigenvalue weighted by atomic mass is 32.5. The molecule has 0 rings (SSSR count). The Morgan fingerprint density at radius 3 is 1.52 bits per heavy atom. The molecule has 0 aromatic rings. The van der Waals surface area contributed by atoms with Crippen LogP contribution in [0.25, 0.3) is 0 Å². The molecule has 5 nitrogen and oxygen atoms in total. The number of unbranched alkanes of at least 4 members (excludes halogenated alkanes) is 9. The minimum Gasteiger partial charge on any atom is -0.309 e. The van der Waals surface area contributed by atoms with Crippen molar-refractivity contribution in [3.8, 4) is 12.1 Å². The van der Waals surface area contributed by atoms with Crippen molar-refractivity contribution in [3.05, 3.63) is 0 Å². The summed E-state index contributed by atoms with van der Waals surface area (Å²) in [4.78, 5) is 0. The van der Waals surface area contributed by atoms with Crippen molar-refractivity contribution in [2.24, 2.45) is 0 Å². The van der Waals surface area contributed by atoms with Gasteiger partial charge in [0.1, 0.15) is 0 Å². The zero-order valence-electron chi connectivity index (χ0n) is 15.6. The minimum atomic E-state index is -2.82. The molecule has 0 bridgehead atoms. The van der Waals surface area contributed by atoms with E-state index in [2.05, 4.69) is 6.92 Å². The molecule has 0 atom stereocenters. The van der Waals surface area contributed by atoms with Crippen molar-refractivity contribution in [1.82, 2.24) is 0 Å². The van der Waals surface area contributed by atoms with Gasteiger partial charge in [0.05, 0.1) is 44.8 Å². The van der Waals surface area contributed by atoms with Gasteiger partial charge in [-0.05, 0) is 18.2 Å². The quantitative estimate of drug-likeness (QED) is 0.211. The van der Waals surface area contributed by atoms with E-state index in [1.807, 2.05) is 12.1 Å². The zero-order valence-corrected chi connectivity index (χ0v) is 17.3. The molecule has 0 saturated carbocycles. The van der Waals surface area contributed by atoms with Crippen molar-refractivity contribution >= 4 is 18.5 Å².